The minimum atomic E-state index is -0.339. The van der Waals surface area contributed by atoms with E-state index in [0.717, 1.165) is 51.4 Å². The summed E-state index contributed by atoms with van der Waals surface area (Å²) in [5.41, 5.74) is 5.95. The molecule has 4 aliphatic rings. The summed E-state index contributed by atoms with van der Waals surface area (Å²) >= 11 is 0. The molecular weight excluding hydrogens is 330 g/mol. The van der Waals surface area contributed by atoms with E-state index in [4.69, 9.17) is 10.5 Å². The molecule has 0 radical (unpaired) electrons. The lowest BCUT2D eigenvalue weighted by Gasteiger charge is -2.37. The molecule has 0 aromatic carbocycles. The molecule has 26 heavy (non-hydrogen) atoms. The summed E-state index contributed by atoms with van der Waals surface area (Å²) in [5, 5.41) is 17.4. The Bertz CT molecular complexity index is 481. The third-order valence-electron chi connectivity index (χ3n) is 7.14. The number of aliphatic hydroxyl groups excluding tert-OH is 1. The van der Waals surface area contributed by atoms with Gasteiger partial charge in [0, 0.05) is 30.0 Å². The predicted molar refractivity (Wildman–Crippen MR) is 99.3 cm³/mol. The number of fused-ring (bicyclic) bond motifs is 1. The first-order chi connectivity index (χ1) is 12.6. The van der Waals surface area contributed by atoms with Crippen LogP contribution < -0.4 is 16.4 Å². The highest BCUT2D eigenvalue weighted by Crippen LogP contribution is 2.35. The molecule has 4 fully saturated rings. The fourth-order valence-corrected chi connectivity index (χ4v) is 5.46. The van der Waals surface area contributed by atoms with Crippen LogP contribution in [0.4, 0.5) is 0 Å². The Balaban J connectivity index is 1.31. The van der Waals surface area contributed by atoms with E-state index in [1.807, 2.05) is 0 Å². The molecule has 148 valence electrons. The van der Waals surface area contributed by atoms with Crippen LogP contribution in [-0.4, -0.2) is 47.6 Å². The number of nitrogens with two attached hydrogens (primary N) is 1. The highest BCUT2D eigenvalue weighted by atomic mass is 16.5. The molecule has 4 rings (SSSR count). The zero-order valence-corrected chi connectivity index (χ0v) is 15.7. The molecule has 1 heterocycles. The Kier molecular flexibility index (Phi) is 5.84. The predicted octanol–water partition coefficient (Wildman–Crippen LogP) is 1.41. The maximum Gasteiger partial charge on any atom is 0.223 e. The first-order valence-corrected chi connectivity index (χ1v) is 10.8. The monoisotopic (exact) mass is 365 g/mol. The number of nitrogens with one attached hydrogen (secondary N) is 2. The quantitative estimate of drug-likeness (QED) is 0.606. The van der Waals surface area contributed by atoms with Crippen molar-refractivity contribution in [3.63, 3.8) is 0 Å². The molecule has 0 bridgehead atoms. The van der Waals surface area contributed by atoms with Crippen molar-refractivity contribution >= 4 is 5.91 Å². The topological polar surface area (TPSA) is 96.6 Å². The number of aliphatic hydroxyl groups is 1. The van der Waals surface area contributed by atoms with Crippen LogP contribution in [0.3, 0.4) is 0 Å². The van der Waals surface area contributed by atoms with Crippen LogP contribution in [0.15, 0.2) is 0 Å². The molecule has 1 aliphatic heterocycles. The van der Waals surface area contributed by atoms with Crippen molar-refractivity contribution in [2.24, 2.45) is 17.6 Å². The van der Waals surface area contributed by atoms with E-state index in [0.29, 0.717) is 12.1 Å². The summed E-state index contributed by atoms with van der Waals surface area (Å²) in [7, 11) is 0. The lowest BCUT2D eigenvalue weighted by Crippen LogP contribution is -2.50. The standard InChI is InChI=1S/C20H35N3O3/c21-13-7-5-12(6-8-13)19(25)22-14-9-10-17(24)15(11-14)20-23-16-3-1-2-4-18(16)26-20/h12-18,20,23-24H,1-11,21H2,(H,22,25). The minimum absolute atomic E-state index is 0.0644. The number of hydrogen-bond donors (Lipinski definition) is 4. The molecule has 0 aromatic rings. The van der Waals surface area contributed by atoms with Crippen molar-refractivity contribution in [3.8, 4) is 0 Å². The minimum Gasteiger partial charge on any atom is -0.393 e. The van der Waals surface area contributed by atoms with Crippen LogP contribution in [0.2, 0.25) is 0 Å². The zero-order chi connectivity index (χ0) is 18.1. The number of hydrogen-bond acceptors (Lipinski definition) is 5. The van der Waals surface area contributed by atoms with Gasteiger partial charge in [-0.1, -0.05) is 12.8 Å². The van der Waals surface area contributed by atoms with Crippen LogP contribution >= 0.6 is 0 Å². The smallest absolute Gasteiger partial charge is 0.223 e. The largest absolute Gasteiger partial charge is 0.393 e. The van der Waals surface area contributed by atoms with Gasteiger partial charge in [0.15, 0.2) is 0 Å². The SMILES string of the molecule is NC1CCC(C(=O)NC2CCC(O)C(C3NC4CCCCC4O3)C2)CC1. The molecule has 1 saturated heterocycles. The fraction of sp³-hybridized carbons (Fsp3) is 0.950. The van der Waals surface area contributed by atoms with Crippen molar-refractivity contribution < 1.29 is 14.6 Å². The maximum absolute atomic E-state index is 12.6. The molecule has 0 spiro atoms. The van der Waals surface area contributed by atoms with Gasteiger partial charge in [-0.3, -0.25) is 10.1 Å². The van der Waals surface area contributed by atoms with Gasteiger partial charge in [0.2, 0.25) is 5.91 Å². The molecule has 6 heteroatoms. The summed E-state index contributed by atoms with van der Waals surface area (Å²) in [6, 6.07) is 0.865. The molecule has 5 N–H and O–H groups in total. The number of amides is 1. The van der Waals surface area contributed by atoms with Gasteiger partial charge in [-0.05, 0) is 57.8 Å². The lowest BCUT2D eigenvalue weighted by molar-refractivity contribution is -0.128. The second kappa shape index (κ2) is 8.13. The Morgan fingerprint density at radius 1 is 1.04 bits per heavy atom. The van der Waals surface area contributed by atoms with Crippen molar-refractivity contribution in [3.05, 3.63) is 0 Å². The normalized spacial score (nSPS) is 46.5. The summed E-state index contributed by atoms with van der Waals surface area (Å²) < 4.78 is 6.26. The van der Waals surface area contributed by atoms with E-state index in [1.54, 1.807) is 0 Å². The van der Waals surface area contributed by atoms with Gasteiger partial charge in [0.25, 0.3) is 0 Å². The average molecular weight is 366 g/mol. The molecule has 0 aromatic heterocycles. The highest BCUT2D eigenvalue weighted by Gasteiger charge is 2.44. The maximum atomic E-state index is 12.6. The van der Waals surface area contributed by atoms with E-state index in [9.17, 15) is 9.90 Å². The van der Waals surface area contributed by atoms with Gasteiger partial charge in [-0.15, -0.1) is 0 Å². The van der Waals surface area contributed by atoms with Gasteiger partial charge in [0.1, 0.15) is 6.23 Å². The average Bonchev–Trinajstić information content (AvgIpc) is 3.07. The van der Waals surface area contributed by atoms with Crippen LogP contribution in [0.5, 0.6) is 0 Å². The van der Waals surface area contributed by atoms with E-state index < -0.39 is 0 Å². The third-order valence-corrected chi connectivity index (χ3v) is 7.14. The summed E-state index contributed by atoms with van der Waals surface area (Å²) in [5.74, 6) is 0.370. The van der Waals surface area contributed by atoms with E-state index in [-0.39, 0.29) is 42.2 Å². The van der Waals surface area contributed by atoms with E-state index in [1.165, 1.54) is 19.3 Å². The van der Waals surface area contributed by atoms with Gasteiger partial charge in [0.05, 0.1) is 12.2 Å². The number of ether oxygens (including phenoxy) is 1. The Labute approximate surface area is 156 Å². The van der Waals surface area contributed by atoms with Gasteiger partial charge in [-0.2, -0.15) is 0 Å². The molecule has 1 amide bonds. The zero-order valence-electron chi connectivity index (χ0n) is 15.7. The molecule has 3 aliphatic carbocycles. The summed E-state index contributed by atoms with van der Waals surface area (Å²) in [6.45, 7) is 0. The van der Waals surface area contributed by atoms with E-state index in [2.05, 4.69) is 10.6 Å². The second-order valence-corrected chi connectivity index (χ2v) is 9.01. The first kappa shape index (κ1) is 18.7. The van der Waals surface area contributed by atoms with Crippen molar-refractivity contribution in [1.82, 2.24) is 10.6 Å². The van der Waals surface area contributed by atoms with Crippen LogP contribution in [0.25, 0.3) is 0 Å². The molecule has 3 saturated carbocycles. The fourth-order valence-electron chi connectivity index (χ4n) is 5.46. The first-order valence-electron chi connectivity index (χ1n) is 10.8. The van der Waals surface area contributed by atoms with Gasteiger partial charge >= 0.3 is 0 Å². The molecule has 6 atom stereocenters. The number of carbonyl (C=O) groups is 1. The van der Waals surface area contributed by atoms with Crippen molar-refractivity contribution in [2.75, 3.05) is 0 Å². The Morgan fingerprint density at radius 2 is 1.81 bits per heavy atom. The second-order valence-electron chi connectivity index (χ2n) is 9.01. The lowest BCUT2D eigenvalue weighted by atomic mass is 9.81. The van der Waals surface area contributed by atoms with Crippen LogP contribution in [-0.2, 0) is 9.53 Å². The number of carbonyl (C=O) groups excluding carboxylic acids is 1. The highest BCUT2D eigenvalue weighted by molar-refractivity contribution is 5.79. The van der Waals surface area contributed by atoms with Crippen molar-refractivity contribution in [1.29, 1.82) is 0 Å². The Morgan fingerprint density at radius 3 is 2.58 bits per heavy atom. The Hall–Kier alpha value is -0.690. The third kappa shape index (κ3) is 4.08. The van der Waals surface area contributed by atoms with Gasteiger partial charge in [-0.25, -0.2) is 0 Å². The molecule has 6 nitrogen and oxygen atoms in total. The molecule has 6 unspecified atom stereocenters. The van der Waals surface area contributed by atoms with E-state index >= 15 is 0 Å². The van der Waals surface area contributed by atoms with Crippen LogP contribution in [0, 0.1) is 11.8 Å². The van der Waals surface area contributed by atoms with Gasteiger partial charge < -0.3 is 20.9 Å². The van der Waals surface area contributed by atoms with Crippen LogP contribution in [0.1, 0.15) is 70.6 Å². The number of rotatable bonds is 3. The summed E-state index contributed by atoms with van der Waals surface area (Å²) in [4.78, 5) is 12.6. The molecular formula is C20H35N3O3. The summed E-state index contributed by atoms with van der Waals surface area (Å²) in [6.07, 6.45) is 10.8. The van der Waals surface area contributed by atoms with Crippen molar-refractivity contribution in [2.45, 2.75) is 107 Å².